The van der Waals surface area contributed by atoms with E-state index in [1.165, 1.54) is 0 Å². The fourth-order valence-corrected chi connectivity index (χ4v) is 3.13. The Balaban J connectivity index is 1.73. The van der Waals surface area contributed by atoms with Gasteiger partial charge in [-0.3, -0.25) is 10.1 Å². The van der Waals surface area contributed by atoms with E-state index in [1.807, 2.05) is 18.2 Å². The summed E-state index contributed by atoms with van der Waals surface area (Å²) in [6.07, 6.45) is 0. The first-order valence-corrected chi connectivity index (χ1v) is 9.92. The minimum atomic E-state index is -0.295. The van der Waals surface area contributed by atoms with Crippen molar-refractivity contribution in [3.8, 4) is 17.1 Å². The molecular weight excluding hydrogens is 400 g/mol. The molecule has 3 rings (SSSR count). The number of carbonyl (C=O) groups excluding carboxylic acids is 1. The lowest BCUT2D eigenvalue weighted by Crippen LogP contribution is -2.34. The maximum Gasteiger partial charge on any atom is 0.257 e. The Labute approximate surface area is 180 Å². The molecule has 30 heavy (non-hydrogen) atoms. The highest BCUT2D eigenvalue weighted by Gasteiger charge is 2.13. The van der Waals surface area contributed by atoms with E-state index >= 15 is 0 Å². The maximum atomic E-state index is 12.5. The molecule has 1 amide bonds. The lowest BCUT2D eigenvalue weighted by molar-refractivity contribution is 0.0977. The molecule has 6 nitrogen and oxygen atoms in total. The number of hydrogen-bond donors (Lipinski definition) is 3. The molecule has 0 unspecified atom stereocenters. The van der Waals surface area contributed by atoms with E-state index in [0.29, 0.717) is 34.4 Å². The molecule has 0 bridgehead atoms. The molecule has 156 valence electrons. The van der Waals surface area contributed by atoms with Gasteiger partial charge in [0.1, 0.15) is 23.9 Å². The van der Waals surface area contributed by atoms with Crippen LogP contribution in [0.5, 0.6) is 5.75 Å². The first-order chi connectivity index (χ1) is 14.4. The number of hydrogen-bond acceptors (Lipinski definition) is 5. The number of amides is 1. The lowest BCUT2D eigenvalue weighted by Gasteiger charge is -2.14. The Morgan fingerprint density at radius 3 is 2.47 bits per heavy atom. The number of rotatable bonds is 6. The summed E-state index contributed by atoms with van der Waals surface area (Å²) in [6, 6.07) is 16.3. The number of thiocarbonyl (C=S) groups is 1. The normalized spacial score (nSPS) is 10.7. The zero-order valence-corrected chi connectivity index (χ0v) is 17.9. The summed E-state index contributed by atoms with van der Waals surface area (Å²) in [7, 11) is 1.55. The van der Waals surface area contributed by atoms with Crippen LogP contribution in [0.2, 0.25) is 0 Å². The van der Waals surface area contributed by atoms with E-state index in [-0.39, 0.29) is 17.6 Å². The van der Waals surface area contributed by atoms with Crippen LogP contribution in [0.25, 0.3) is 11.3 Å². The largest absolute Gasteiger partial charge is 0.495 e. The Morgan fingerprint density at radius 2 is 1.87 bits per heavy atom. The van der Waals surface area contributed by atoms with Crippen LogP contribution < -0.4 is 15.4 Å². The molecule has 3 aromatic rings. The minimum absolute atomic E-state index is 0.152. The zero-order valence-electron chi connectivity index (χ0n) is 17.1. The zero-order chi connectivity index (χ0) is 21.7. The van der Waals surface area contributed by atoms with E-state index < -0.39 is 0 Å². The Bertz CT molecular complexity index is 1040. The van der Waals surface area contributed by atoms with Crippen molar-refractivity contribution in [2.24, 2.45) is 0 Å². The van der Waals surface area contributed by atoms with Crippen LogP contribution in [0.1, 0.15) is 41.4 Å². The number of ether oxygens (including phenoxy) is 1. The van der Waals surface area contributed by atoms with Gasteiger partial charge in [0, 0.05) is 11.1 Å². The second-order valence-corrected chi connectivity index (χ2v) is 7.43. The molecule has 3 N–H and O–H groups in total. The maximum absolute atomic E-state index is 12.5. The highest BCUT2D eigenvalue weighted by atomic mass is 32.1. The molecular formula is C23H24N2O4S. The van der Waals surface area contributed by atoms with Crippen molar-refractivity contribution in [1.29, 1.82) is 0 Å². The van der Waals surface area contributed by atoms with E-state index in [9.17, 15) is 9.90 Å². The third-order valence-electron chi connectivity index (χ3n) is 4.62. The smallest absolute Gasteiger partial charge is 0.257 e. The van der Waals surface area contributed by atoms with Crippen LogP contribution in [0, 0.1) is 0 Å². The highest BCUT2D eigenvalue weighted by Crippen LogP contribution is 2.31. The summed E-state index contributed by atoms with van der Waals surface area (Å²) in [6.45, 7) is 4.03. The number of furan rings is 1. The average molecular weight is 425 g/mol. The molecule has 0 aliphatic rings. The quantitative estimate of drug-likeness (QED) is 0.498. The van der Waals surface area contributed by atoms with Crippen LogP contribution in [0.15, 0.2) is 59.0 Å². The van der Waals surface area contributed by atoms with E-state index in [1.54, 1.807) is 43.5 Å². The molecule has 0 saturated carbocycles. The van der Waals surface area contributed by atoms with Crippen molar-refractivity contribution in [3.05, 3.63) is 71.5 Å². The summed E-state index contributed by atoms with van der Waals surface area (Å²) < 4.78 is 11.0. The van der Waals surface area contributed by atoms with Crippen LogP contribution in [-0.2, 0) is 6.61 Å². The number of anilines is 1. The van der Waals surface area contributed by atoms with E-state index in [0.717, 1.165) is 11.1 Å². The van der Waals surface area contributed by atoms with Gasteiger partial charge in [-0.2, -0.15) is 0 Å². The van der Waals surface area contributed by atoms with Gasteiger partial charge in [-0.15, -0.1) is 0 Å². The summed E-state index contributed by atoms with van der Waals surface area (Å²) in [5, 5.41) is 15.0. The van der Waals surface area contributed by atoms with Gasteiger partial charge >= 0.3 is 0 Å². The summed E-state index contributed by atoms with van der Waals surface area (Å²) in [5.74, 6) is 1.74. The number of aliphatic hydroxyl groups excluding tert-OH is 1. The van der Waals surface area contributed by atoms with E-state index in [2.05, 4.69) is 24.5 Å². The van der Waals surface area contributed by atoms with Crippen molar-refractivity contribution < 1.29 is 19.1 Å². The molecule has 0 spiro atoms. The van der Waals surface area contributed by atoms with Crippen molar-refractivity contribution in [2.45, 2.75) is 26.4 Å². The van der Waals surface area contributed by atoms with Crippen molar-refractivity contribution in [2.75, 3.05) is 12.4 Å². The van der Waals surface area contributed by atoms with Crippen LogP contribution >= 0.6 is 12.2 Å². The molecule has 1 aromatic heterocycles. The summed E-state index contributed by atoms with van der Waals surface area (Å²) in [5.41, 5.74) is 3.04. The highest BCUT2D eigenvalue weighted by molar-refractivity contribution is 7.80. The van der Waals surface area contributed by atoms with Gasteiger partial charge in [-0.1, -0.05) is 26.0 Å². The third kappa shape index (κ3) is 5.06. The number of methoxy groups -OCH3 is 1. The molecule has 0 radical (unpaired) electrons. The Kier molecular flexibility index (Phi) is 6.87. The molecule has 2 aromatic carbocycles. The first kappa shape index (κ1) is 21.5. The SMILES string of the molecule is COc1ccc(-c2ccc(CO)o2)cc1NC(=S)NC(=O)c1ccc(C(C)C)cc1. The van der Waals surface area contributed by atoms with Crippen LogP contribution in [0.3, 0.4) is 0 Å². The molecule has 0 saturated heterocycles. The molecule has 0 aliphatic carbocycles. The predicted octanol–water partition coefficient (Wildman–Crippen LogP) is 4.70. The standard InChI is InChI=1S/C23H24N2O4S/c1-14(2)15-4-6-16(7-5-15)22(27)25-23(30)24-19-12-17(8-10-21(19)28-3)20-11-9-18(13-26)29-20/h4-12,14,26H,13H2,1-3H3,(H2,24,25,27,30). The van der Waals surface area contributed by atoms with Gasteiger partial charge in [0.15, 0.2) is 5.11 Å². The van der Waals surface area contributed by atoms with Gasteiger partial charge in [0.25, 0.3) is 5.91 Å². The average Bonchev–Trinajstić information content (AvgIpc) is 3.23. The minimum Gasteiger partial charge on any atom is -0.495 e. The monoisotopic (exact) mass is 424 g/mol. The second kappa shape index (κ2) is 9.56. The fourth-order valence-electron chi connectivity index (χ4n) is 2.93. The molecule has 0 atom stereocenters. The number of aliphatic hydroxyl groups is 1. The van der Waals surface area contributed by atoms with Crippen LogP contribution in [0.4, 0.5) is 5.69 Å². The number of benzene rings is 2. The molecule has 0 aliphatic heterocycles. The second-order valence-electron chi connectivity index (χ2n) is 7.02. The lowest BCUT2D eigenvalue weighted by atomic mass is 10.0. The summed E-state index contributed by atoms with van der Waals surface area (Å²) >= 11 is 5.31. The van der Waals surface area contributed by atoms with Crippen molar-refractivity contribution >= 4 is 28.9 Å². The number of carbonyl (C=O) groups is 1. The first-order valence-electron chi connectivity index (χ1n) is 9.51. The van der Waals surface area contributed by atoms with Gasteiger partial charge in [0.2, 0.25) is 0 Å². The summed E-state index contributed by atoms with van der Waals surface area (Å²) in [4.78, 5) is 12.5. The van der Waals surface area contributed by atoms with Gasteiger partial charge < -0.3 is 19.6 Å². The predicted molar refractivity (Wildman–Crippen MR) is 121 cm³/mol. The third-order valence-corrected chi connectivity index (χ3v) is 4.82. The van der Waals surface area contributed by atoms with E-state index in [4.69, 9.17) is 21.4 Å². The van der Waals surface area contributed by atoms with Gasteiger partial charge in [-0.05, 0) is 66.2 Å². The number of nitrogens with one attached hydrogen (secondary N) is 2. The fraction of sp³-hybridized carbons (Fsp3) is 0.217. The van der Waals surface area contributed by atoms with Crippen LogP contribution in [-0.4, -0.2) is 23.2 Å². The van der Waals surface area contributed by atoms with Crippen molar-refractivity contribution in [1.82, 2.24) is 5.32 Å². The molecule has 7 heteroatoms. The molecule has 0 fully saturated rings. The van der Waals surface area contributed by atoms with Gasteiger partial charge in [-0.25, -0.2) is 0 Å². The Hall–Kier alpha value is -3.16. The topological polar surface area (TPSA) is 83.7 Å². The molecule has 1 heterocycles. The van der Waals surface area contributed by atoms with Gasteiger partial charge in [0.05, 0.1) is 12.8 Å². The van der Waals surface area contributed by atoms with Crippen molar-refractivity contribution in [3.63, 3.8) is 0 Å². The Morgan fingerprint density at radius 1 is 1.13 bits per heavy atom.